The number of benzene rings is 3. The maximum atomic E-state index is 11.4. The molecular weight excluding hydrogens is 296 g/mol. The van der Waals surface area contributed by atoms with Crippen molar-refractivity contribution in [3.63, 3.8) is 0 Å². The molecule has 1 aliphatic carbocycles. The van der Waals surface area contributed by atoms with Crippen molar-refractivity contribution in [1.29, 1.82) is 0 Å². The Kier molecular flexibility index (Phi) is 3.51. The number of carboxylic acid groups (broad SMARTS) is 1. The highest BCUT2D eigenvalue weighted by atomic mass is 16.4. The second-order valence-electron chi connectivity index (χ2n) is 5.97. The number of rotatable bonds is 3. The third-order valence-corrected chi connectivity index (χ3v) is 4.50. The second-order valence-corrected chi connectivity index (χ2v) is 5.97. The van der Waals surface area contributed by atoms with Gasteiger partial charge in [0.15, 0.2) is 0 Å². The SMILES string of the molecule is O=C(O)c1cccc2c1CC(c1ccc(-c3ccccc3)cc1)=C2. The number of carbonyl (C=O) groups is 1. The van der Waals surface area contributed by atoms with Crippen molar-refractivity contribution < 1.29 is 9.90 Å². The molecule has 0 unspecified atom stereocenters. The lowest BCUT2D eigenvalue weighted by atomic mass is 9.98. The van der Waals surface area contributed by atoms with E-state index >= 15 is 0 Å². The molecule has 0 aliphatic heterocycles. The van der Waals surface area contributed by atoms with Crippen molar-refractivity contribution in [2.75, 3.05) is 0 Å². The second kappa shape index (κ2) is 5.82. The molecule has 1 N–H and O–H groups in total. The molecule has 0 radical (unpaired) electrons. The van der Waals surface area contributed by atoms with E-state index in [2.05, 4.69) is 42.5 Å². The molecule has 0 spiro atoms. The van der Waals surface area contributed by atoms with Crippen LogP contribution in [0, 0.1) is 0 Å². The van der Waals surface area contributed by atoms with Gasteiger partial charge in [-0.1, -0.05) is 72.8 Å². The van der Waals surface area contributed by atoms with E-state index in [0.29, 0.717) is 12.0 Å². The van der Waals surface area contributed by atoms with Crippen molar-refractivity contribution in [1.82, 2.24) is 0 Å². The van der Waals surface area contributed by atoms with Gasteiger partial charge in [-0.2, -0.15) is 0 Å². The van der Waals surface area contributed by atoms with E-state index in [-0.39, 0.29) is 0 Å². The van der Waals surface area contributed by atoms with Gasteiger partial charge in [0, 0.05) is 0 Å². The molecule has 24 heavy (non-hydrogen) atoms. The standard InChI is InChI=1S/C22H16O2/c23-22(24)20-8-4-7-18-13-19(14-21(18)20)17-11-9-16(10-12-17)15-5-2-1-3-6-15/h1-13H,14H2,(H,23,24). The van der Waals surface area contributed by atoms with Crippen LogP contribution in [0.25, 0.3) is 22.8 Å². The Balaban J connectivity index is 1.64. The summed E-state index contributed by atoms with van der Waals surface area (Å²) < 4.78 is 0. The van der Waals surface area contributed by atoms with Crippen LogP contribution in [0.2, 0.25) is 0 Å². The Bertz CT molecular complexity index is 935. The highest BCUT2D eigenvalue weighted by molar-refractivity contribution is 5.97. The fourth-order valence-electron chi connectivity index (χ4n) is 3.26. The Morgan fingerprint density at radius 1 is 0.750 bits per heavy atom. The van der Waals surface area contributed by atoms with Gasteiger partial charge in [0.05, 0.1) is 5.56 Å². The molecule has 0 amide bonds. The summed E-state index contributed by atoms with van der Waals surface area (Å²) in [6, 6.07) is 24.2. The molecule has 0 fully saturated rings. The highest BCUT2D eigenvalue weighted by Crippen LogP contribution is 2.34. The van der Waals surface area contributed by atoms with Gasteiger partial charge in [-0.25, -0.2) is 4.79 Å². The molecule has 1 aliphatic rings. The summed E-state index contributed by atoms with van der Waals surface area (Å²) in [6.07, 6.45) is 2.77. The molecular formula is C22H16O2. The number of allylic oxidation sites excluding steroid dienone is 1. The van der Waals surface area contributed by atoms with E-state index in [4.69, 9.17) is 0 Å². The van der Waals surface area contributed by atoms with Gasteiger partial charge in [-0.05, 0) is 45.9 Å². The first-order valence-electron chi connectivity index (χ1n) is 7.94. The van der Waals surface area contributed by atoms with Gasteiger partial charge in [0.2, 0.25) is 0 Å². The van der Waals surface area contributed by atoms with Gasteiger partial charge in [-0.15, -0.1) is 0 Å². The third kappa shape index (κ3) is 2.52. The van der Waals surface area contributed by atoms with E-state index < -0.39 is 5.97 Å². The quantitative estimate of drug-likeness (QED) is 0.726. The number of carboxylic acids is 1. The predicted octanol–water partition coefficient (Wildman–Crippen LogP) is 5.15. The molecule has 0 aromatic heterocycles. The summed E-state index contributed by atoms with van der Waals surface area (Å²) in [5, 5.41) is 9.35. The largest absolute Gasteiger partial charge is 0.478 e. The number of hydrogen-bond donors (Lipinski definition) is 1. The van der Waals surface area contributed by atoms with E-state index in [1.807, 2.05) is 24.3 Å². The molecule has 116 valence electrons. The lowest BCUT2D eigenvalue weighted by molar-refractivity contribution is 0.0696. The normalized spacial score (nSPS) is 12.6. The molecule has 0 saturated heterocycles. The molecule has 0 atom stereocenters. The van der Waals surface area contributed by atoms with E-state index in [0.717, 1.165) is 16.7 Å². The monoisotopic (exact) mass is 312 g/mol. The van der Waals surface area contributed by atoms with Crippen LogP contribution in [0.1, 0.15) is 27.0 Å². The average molecular weight is 312 g/mol. The number of hydrogen-bond acceptors (Lipinski definition) is 1. The summed E-state index contributed by atoms with van der Waals surface area (Å²) in [7, 11) is 0. The van der Waals surface area contributed by atoms with Crippen LogP contribution in [0.15, 0.2) is 72.8 Å². The van der Waals surface area contributed by atoms with Gasteiger partial charge in [-0.3, -0.25) is 0 Å². The lowest BCUT2D eigenvalue weighted by Crippen LogP contribution is -2.02. The van der Waals surface area contributed by atoms with Crippen molar-refractivity contribution in [2.24, 2.45) is 0 Å². The molecule has 0 bridgehead atoms. The fraction of sp³-hybridized carbons (Fsp3) is 0.0455. The maximum absolute atomic E-state index is 11.4. The van der Waals surface area contributed by atoms with Crippen LogP contribution in [0.4, 0.5) is 0 Å². The van der Waals surface area contributed by atoms with Crippen molar-refractivity contribution >= 4 is 17.6 Å². The molecule has 2 heteroatoms. The predicted molar refractivity (Wildman–Crippen MR) is 96.9 cm³/mol. The number of aromatic carboxylic acids is 1. The van der Waals surface area contributed by atoms with Gasteiger partial charge in [0.25, 0.3) is 0 Å². The zero-order chi connectivity index (χ0) is 16.5. The minimum atomic E-state index is -0.860. The van der Waals surface area contributed by atoms with Crippen LogP contribution < -0.4 is 0 Å². The summed E-state index contributed by atoms with van der Waals surface area (Å²) in [5.41, 5.74) is 7.01. The van der Waals surface area contributed by atoms with Crippen LogP contribution in [0.3, 0.4) is 0 Å². The first-order chi connectivity index (χ1) is 11.7. The van der Waals surface area contributed by atoms with Crippen LogP contribution in [-0.2, 0) is 6.42 Å². The van der Waals surface area contributed by atoms with Crippen LogP contribution >= 0.6 is 0 Å². The Labute approximate surface area is 140 Å². The fourth-order valence-corrected chi connectivity index (χ4v) is 3.26. The highest BCUT2D eigenvalue weighted by Gasteiger charge is 2.20. The van der Waals surface area contributed by atoms with Gasteiger partial charge < -0.3 is 5.11 Å². The Hall–Kier alpha value is -3.13. The van der Waals surface area contributed by atoms with Crippen molar-refractivity contribution in [2.45, 2.75) is 6.42 Å². The van der Waals surface area contributed by atoms with Crippen molar-refractivity contribution in [3.8, 4) is 11.1 Å². The van der Waals surface area contributed by atoms with Gasteiger partial charge in [0.1, 0.15) is 0 Å². The van der Waals surface area contributed by atoms with Gasteiger partial charge >= 0.3 is 5.97 Å². The first-order valence-corrected chi connectivity index (χ1v) is 7.94. The molecule has 3 aromatic rings. The third-order valence-electron chi connectivity index (χ3n) is 4.50. The Morgan fingerprint density at radius 2 is 1.42 bits per heavy atom. The molecule has 3 aromatic carbocycles. The zero-order valence-corrected chi connectivity index (χ0v) is 13.1. The minimum Gasteiger partial charge on any atom is -0.478 e. The number of fused-ring (bicyclic) bond motifs is 1. The van der Waals surface area contributed by atoms with E-state index in [1.165, 1.54) is 16.7 Å². The summed E-state index contributed by atoms with van der Waals surface area (Å²) in [5.74, 6) is -0.860. The lowest BCUT2D eigenvalue weighted by Gasteiger charge is -2.07. The summed E-state index contributed by atoms with van der Waals surface area (Å²) in [6.45, 7) is 0. The topological polar surface area (TPSA) is 37.3 Å². The molecule has 0 saturated carbocycles. The maximum Gasteiger partial charge on any atom is 0.335 e. The summed E-state index contributed by atoms with van der Waals surface area (Å²) in [4.78, 5) is 11.4. The first kappa shape index (κ1) is 14.5. The van der Waals surface area contributed by atoms with E-state index in [9.17, 15) is 9.90 Å². The molecule has 0 heterocycles. The van der Waals surface area contributed by atoms with Crippen molar-refractivity contribution in [3.05, 3.63) is 95.1 Å². The van der Waals surface area contributed by atoms with Crippen LogP contribution in [0.5, 0.6) is 0 Å². The minimum absolute atomic E-state index is 0.402. The molecule has 2 nitrogen and oxygen atoms in total. The molecule has 4 rings (SSSR count). The smallest absolute Gasteiger partial charge is 0.335 e. The van der Waals surface area contributed by atoms with E-state index in [1.54, 1.807) is 12.1 Å². The summed E-state index contributed by atoms with van der Waals surface area (Å²) >= 11 is 0. The average Bonchev–Trinajstić information content (AvgIpc) is 3.06. The van der Waals surface area contributed by atoms with Crippen LogP contribution in [-0.4, -0.2) is 11.1 Å². The Morgan fingerprint density at radius 3 is 2.12 bits per heavy atom. The zero-order valence-electron chi connectivity index (χ0n) is 13.1.